The zero-order valence-corrected chi connectivity index (χ0v) is 22.0. The quantitative estimate of drug-likeness (QED) is 0.329. The molecule has 1 aromatic carbocycles. The molecule has 1 saturated heterocycles. The van der Waals surface area contributed by atoms with Gasteiger partial charge in [-0.3, -0.25) is 14.0 Å². The van der Waals surface area contributed by atoms with Crippen LogP contribution in [0.25, 0.3) is 22.2 Å². The van der Waals surface area contributed by atoms with Crippen molar-refractivity contribution in [3.8, 4) is 11.1 Å². The highest BCUT2D eigenvalue weighted by molar-refractivity contribution is 5.91. The second-order valence-electron chi connectivity index (χ2n) is 8.59. The summed E-state index contributed by atoms with van der Waals surface area (Å²) in [4.78, 5) is 20.7. The van der Waals surface area contributed by atoms with E-state index < -0.39 is 11.6 Å². The third-order valence-corrected chi connectivity index (χ3v) is 5.95. The van der Waals surface area contributed by atoms with Gasteiger partial charge in [0.25, 0.3) is 5.56 Å². The molecule has 4 aromatic rings. The van der Waals surface area contributed by atoms with Crippen LogP contribution in [0.15, 0.2) is 53.7 Å². The lowest BCUT2D eigenvalue weighted by molar-refractivity contribution is 0.0968. The molecule has 3 aromatic heterocycles. The Kier molecular flexibility index (Phi) is 10.4. The van der Waals surface area contributed by atoms with Crippen LogP contribution in [0.3, 0.4) is 0 Å². The summed E-state index contributed by atoms with van der Waals surface area (Å²) in [7, 11) is 1.59. The van der Waals surface area contributed by atoms with Gasteiger partial charge in [0, 0.05) is 56.0 Å². The fraction of sp³-hybridized carbons (Fsp3) is 0.429. The maximum atomic E-state index is 14.0. The second kappa shape index (κ2) is 13.7. The number of aromatic nitrogens is 5. The van der Waals surface area contributed by atoms with Crippen molar-refractivity contribution in [3.63, 3.8) is 0 Å². The third kappa shape index (κ3) is 7.52. The van der Waals surface area contributed by atoms with Gasteiger partial charge in [-0.2, -0.15) is 5.10 Å². The molecule has 198 valence electrons. The molecule has 9 heteroatoms. The van der Waals surface area contributed by atoms with Crippen molar-refractivity contribution in [1.82, 2.24) is 24.3 Å². The van der Waals surface area contributed by atoms with Crippen LogP contribution >= 0.6 is 0 Å². The van der Waals surface area contributed by atoms with Gasteiger partial charge < -0.3 is 4.74 Å². The Morgan fingerprint density at radius 1 is 1.00 bits per heavy atom. The molecule has 0 spiro atoms. The van der Waals surface area contributed by atoms with Crippen LogP contribution in [-0.2, 0) is 11.8 Å². The smallest absolute Gasteiger partial charge is 0.263 e. The summed E-state index contributed by atoms with van der Waals surface area (Å²) in [5, 5.41) is 4.31. The average molecular weight is 512 g/mol. The molecule has 0 amide bonds. The van der Waals surface area contributed by atoms with Crippen molar-refractivity contribution in [2.24, 2.45) is 7.05 Å². The van der Waals surface area contributed by atoms with Crippen LogP contribution in [0.2, 0.25) is 0 Å². The second-order valence-corrected chi connectivity index (χ2v) is 8.59. The van der Waals surface area contributed by atoms with Crippen molar-refractivity contribution in [2.75, 3.05) is 13.2 Å². The Hall–Kier alpha value is -3.46. The van der Waals surface area contributed by atoms with Crippen molar-refractivity contribution < 1.29 is 13.5 Å². The Morgan fingerprint density at radius 2 is 1.73 bits per heavy atom. The van der Waals surface area contributed by atoms with Crippen LogP contribution in [0, 0.1) is 18.6 Å². The summed E-state index contributed by atoms with van der Waals surface area (Å²) in [6.45, 7) is 7.69. The van der Waals surface area contributed by atoms with Crippen LogP contribution < -0.4 is 5.56 Å². The van der Waals surface area contributed by atoms with Gasteiger partial charge in [0.15, 0.2) is 5.65 Å². The molecule has 0 radical (unpaired) electrons. The minimum Gasteiger partial charge on any atom is -0.381 e. The molecular weight excluding hydrogens is 476 g/mol. The molecule has 0 N–H and O–H groups in total. The summed E-state index contributed by atoms with van der Waals surface area (Å²) in [5.74, 6) is -0.890. The molecular formula is C28H35F2N5O2. The minimum atomic E-state index is -0.731. The molecule has 1 aliphatic carbocycles. The third-order valence-electron chi connectivity index (χ3n) is 5.95. The highest BCUT2D eigenvalue weighted by Crippen LogP contribution is 2.33. The van der Waals surface area contributed by atoms with Crippen molar-refractivity contribution in [2.45, 2.75) is 58.9 Å². The van der Waals surface area contributed by atoms with E-state index in [1.165, 1.54) is 55.0 Å². The molecule has 0 bridgehead atoms. The van der Waals surface area contributed by atoms with E-state index in [2.05, 4.69) is 15.1 Å². The Balaban J connectivity index is 0.000000192. The van der Waals surface area contributed by atoms with E-state index >= 15 is 0 Å². The van der Waals surface area contributed by atoms with Gasteiger partial charge in [-0.05, 0) is 63.3 Å². The van der Waals surface area contributed by atoms with Crippen LogP contribution in [0.5, 0.6) is 0 Å². The summed E-state index contributed by atoms with van der Waals surface area (Å²) >= 11 is 0. The first-order chi connectivity index (χ1) is 18.0. The summed E-state index contributed by atoms with van der Waals surface area (Å²) in [6.07, 6.45) is 11.9. The predicted octanol–water partition coefficient (Wildman–Crippen LogP) is 6.01. The Bertz CT molecular complexity index is 1320. The molecule has 6 rings (SSSR count). The minimum absolute atomic E-state index is 0.145. The summed E-state index contributed by atoms with van der Waals surface area (Å²) in [6, 6.07) is 7.48. The van der Waals surface area contributed by atoms with E-state index in [9.17, 15) is 13.6 Å². The summed E-state index contributed by atoms with van der Waals surface area (Å²) < 4.78 is 35.5. The van der Waals surface area contributed by atoms with Crippen molar-refractivity contribution >= 4 is 11.0 Å². The number of halogens is 2. The van der Waals surface area contributed by atoms with Gasteiger partial charge in [-0.1, -0.05) is 13.8 Å². The number of benzene rings is 1. The highest BCUT2D eigenvalue weighted by Gasteiger charge is 2.23. The lowest BCUT2D eigenvalue weighted by Crippen LogP contribution is -2.21. The maximum Gasteiger partial charge on any atom is 0.263 e. The molecule has 37 heavy (non-hydrogen) atoms. The highest BCUT2D eigenvalue weighted by atomic mass is 19.1. The zero-order chi connectivity index (χ0) is 26.8. The topological polar surface area (TPSA) is 74.8 Å². The average Bonchev–Trinajstić information content (AvgIpc) is 3.63. The number of hydrogen-bond donors (Lipinski definition) is 0. The predicted molar refractivity (Wildman–Crippen MR) is 141 cm³/mol. The lowest BCUT2D eigenvalue weighted by atomic mass is 10.0. The van der Waals surface area contributed by atoms with Crippen LogP contribution in [0.1, 0.15) is 57.8 Å². The fourth-order valence-corrected chi connectivity index (χ4v) is 3.74. The SMILES string of the molecule is C1CCOCC1.CC.Cc1nc2nccc(-c3ccc(F)cc3F)c2c(=O)n1C.c1cnn(C2CC2)c1. The number of hydrogen-bond acceptors (Lipinski definition) is 5. The summed E-state index contributed by atoms with van der Waals surface area (Å²) in [5.41, 5.74) is 0.429. The molecule has 2 fully saturated rings. The first-order valence-electron chi connectivity index (χ1n) is 12.8. The van der Waals surface area contributed by atoms with Gasteiger partial charge in [0.1, 0.15) is 17.5 Å². The number of pyridine rings is 1. The molecule has 2 aliphatic rings. The number of nitrogens with zero attached hydrogens (tertiary/aromatic N) is 5. The normalized spacial score (nSPS) is 14.4. The lowest BCUT2D eigenvalue weighted by Gasteiger charge is -2.09. The number of fused-ring (bicyclic) bond motifs is 1. The fourth-order valence-electron chi connectivity index (χ4n) is 3.74. The van der Waals surface area contributed by atoms with Crippen molar-refractivity contribution in [3.05, 3.63) is 76.7 Å². The monoisotopic (exact) mass is 511 g/mol. The van der Waals surface area contributed by atoms with E-state index in [4.69, 9.17) is 4.74 Å². The molecule has 1 aliphatic heterocycles. The number of ether oxygens (including phenoxy) is 1. The van der Waals surface area contributed by atoms with Gasteiger partial charge in [-0.15, -0.1) is 0 Å². The molecule has 0 unspecified atom stereocenters. The first-order valence-corrected chi connectivity index (χ1v) is 12.8. The standard InChI is InChI=1S/C15H11F2N3O.C6H8N2.C5H10O.C2H6/c1-8-19-14-13(15(21)20(8)2)11(5-6-18-14)10-4-3-9(16)7-12(10)17;1-4-7-8(5-1)6-2-3-6;1-2-4-6-5-3-1;1-2/h3-7H,1-2H3;1,4-6H,2-3H2;1-5H2;1-2H3. The van der Waals surface area contributed by atoms with E-state index in [0.717, 1.165) is 31.4 Å². The van der Waals surface area contributed by atoms with Crippen LogP contribution in [-0.4, -0.2) is 37.5 Å². The molecule has 4 heterocycles. The first kappa shape index (κ1) is 28.1. The maximum absolute atomic E-state index is 14.0. The van der Waals surface area contributed by atoms with Gasteiger partial charge in [0.05, 0.1) is 11.4 Å². The zero-order valence-electron chi connectivity index (χ0n) is 22.0. The van der Waals surface area contributed by atoms with E-state index in [1.54, 1.807) is 14.0 Å². The van der Waals surface area contributed by atoms with E-state index in [1.807, 2.05) is 37.0 Å². The van der Waals surface area contributed by atoms with Crippen molar-refractivity contribution in [1.29, 1.82) is 0 Å². The Labute approximate surface area is 216 Å². The molecule has 7 nitrogen and oxygen atoms in total. The molecule has 0 atom stereocenters. The van der Waals surface area contributed by atoms with Gasteiger partial charge in [0.2, 0.25) is 0 Å². The van der Waals surface area contributed by atoms with Crippen LogP contribution in [0.4, 0.5) is 8.78 Å². The molecule has 1 saturated carbocycles. The van der Waals surface area contributed by atoms with E-state index in [0.29, 0.717) is 11.4 Å². The van der Waals surface area contributed by atoms with E-state index in [-0.39, 0.29) is 22.2 Å². The van der Waals surface area contributed by atoms with Gasteiger partial charge in [-0.25, -0.2) is 18.7 Å². The Morgan fingerprint density at radius 3 is 2.27 bits per heavy atom. The number of rotatable bonds is 2. The van der Waals surface area contributed by atoms with Gasteiger partial charge >= 0.3 is 0 Å². The number of aryl methyl sites for hydroxylation is 1. The largest absolute Gasteiger partial charge is 0.381 e.